The van der Waals surface area contributed by atoms with Crippen molar-refractivity contribution in [3.8, 4) is 0 Å². The number of carbonyl (C=O) groups is 1. The summed E-state index contributed by atoms with van der Waals surface area (Å²) in [6, 6.07) is 1.78. The number of fused-ring (bicyclic) bond motifs is 1. The molecule has 7 heteroatoms. The highest BCUT2D eigenvalue weighted by atomic mass is 16.5. The minimum absolute atomic E-state index is 0.0506. The summed E-state index contributed by atoms with van der Waals surface area (Å²) >= 11 is 0. The molecule has 0 saturated carbocycles. The third-order valence-corrected chi connectivity index (χ3v) is 5.49. The zero-order valence-electron chi connectivity index (χ0n) is 16.1. The number of aromatic nitrogens is 3. The quantitative estimate of drug-likeness (QED) is 0.824. The highest BCUT2D eigenvalue weighted by molar-refractivity contribution is 5.92. The van der Waals surface area contributed by atoms with E-state index in [1.54, 1.807) is 6.07 Å². The van der Waals surface area contributed by atoms with Crippen molar-refractivity contribution in [2.75, 3.05) is 26.7 Å². The van der Waals surface area contributed by atoms with Crippen LogP contribution in [0.25, 0.3) is 0 Å². The molecule has 0 radical (unpaired) electrons. The number of piperidine rings is 1. The molecule has 7 nitrogen and oxygen atoms in total. The highest BCUT2D eigenvalue weighted by Crippen LogP contribution is 2.27. The van der Waals surface area contributed by atoms with Crippen molar-refractivity contribution in [3.05, 3.63) is 40.8 Å². The van der Waals surface area contributed by atoms with Crippen molar-refractivity contribution in [1.29, 1.82) is 0 Å². The van der Waals surface area contributed by atoms with Crippen molar-refractivity contribution < 1.29 is 9.32 Å². The van der Waals surface area contributed by atoms with E-state index >= 15 is 0 Å². The van der Waals surface area contributed by atoms with Gasteiger partial charge in [0.05, 0.1) is 0 Å². The molecule has 1 saturated heterocycles. The van der Waals surface area contributed by atoms with E-state index in [0.29, 0.717) is 12.2 Å². The first kappa shape index (κ1) is 18.1. The lowest BCUT2D eigenvalue weighted by molar-refractivity contribution is 0.0694. The Morgan fingerprint density at radius 3 is 3.11 bits per heavy atom. The summed E-state index contributed by atoms with van der Waals surface area (Å²) < 4.78 is 5.27. The van der Waals surface area contributed by atoms with Gasteiger partial charge in [0.15, 0.2) is 5.69 Å². The Bertz CT molecular complexity index is 818. The fraction of sp³-hybridized carbons (Fsp3) is 0.600. The summed E-state index contributed by atoms with van der Waals surface area (Å²) in [6.07, 6.45) is 6.70. The normalized spacial score (nSPS) is 20.5. The maximum atomic E-state index is 12.8. The number of hydrogen-bond donors (Lipinski definition) is 0. The second-order valence-electron chi connectivity index (χ2n) is 7.71. The Hall–Kier alpha value is -2.28. The predicted octanol–water partition coefficient (Wildman–Crippen LogP) is 2.42. The van der Waals surface area contributed by atoms with Crippen LogP contribution in [0.3, 0.4) is 0 Å². The molecule has 1 fully saturated rings. The van der Waals surface area contributed by atoms with Gasteiger partial charge in [-0.25, -0.2) is 9.97 Å². The summed E-state index contributed by atoms with van der Waals surface area (Å²) in [4.78, 5) is 26.5. The average Bonchev–Trinajstić information content (AvgIpc) is 3.16. The van der Waals surface area contributed by atoms with Crippen molar-refractivity contribution in [3.63, 3.8) is 0 Å². The van der Waals surface area contributed by atoms with Gasteiger partial charge in [-0.1, -0.05) is 12.1 Å². The van der Waals surface area contributed by atoms with Crippen LogP contribution in [0.15, 0.2) is 16.8 Å². The molecule has 0 spiro atoms. The van der Waals surface area contributed by atoms with Crippen LogP contribution in [0.4, 0.5) is 0 Å². The van der Waals surface area contributed by atoms with E-state index in [0.717, 1.165) is 63.3 Å². The minimum atomic E-state index is -0.0506. The van der Waals surface area contributed by atoms with E-state index in [9.17, 15) is 4.79 Å². The molecular weight excluding hydrogens is 342 g/mol. The molecule has 2 aliphatic rings. The third-order valence-electron chi connectivity index (χ3n) is 5.49. The SMILES string of the molecule is CCCc1cc(C(=O)N2CCC[C@@H](c3ncc4c(n3)CCN(C)C4)C2)no1. The van der Waals surface area contributed by atoms with Gasteiger partial charge in [-0.3, -0.25) is 4.79 Å². The molecule has 4 heterocycles. The zero-order chi connectivity index (χ0) is 18.8. The van der Waals surface area contributed by atoms with Gasteiger partial charge in [0.25, 0.3) is 5.91 Å². The number of hydrogen-bond acceptors (Lipinski definition) is 6. The van der Waals surface area contributed by atoms with E-state index in [4.69, 9.17) is 9.51 Å². The van der Waals surface area contributed by atoms with Crippen LogP contribution in [0.2, 0.25) is 0 Å². The van der Waals surface area contributed by atoms with E-state index in [-0.39, 0.29) is 11.8 Å². The Morgan fingerprint density at radius 2 is 2.26 bits per heavy atom. The van der Waals surface area contributed by atoms with E-state index in [1.807, 2.05) is 11.1 Å². The molecule has 144 valence electrons. The van der Waals surface area contributed by atoms with Gasteiger partial charge >= 0.3 is 0 Å². The number of rotatable bonds is 4. The lowest BCUT2D eigenvalue weighted by atomic mass is 9.96. The first-order valence-electron chi connectivity index (χ1n) is 9.92. The Kier molecular flexibility index (Phi) is 5.20. The van der Waals surface area contributed by atoms with Gasteiger partial charge in [0.1, 0.15) is 11.6 Å². The minimum Gasteiger partial charge on any atom is -0.361 e. The molecule has 0 aromatic carbocycles. The van der Waals surface area contributed by atoms with Crippen LogP contribution < -0.4 is 0 Å². The lowest BCUT2D eigenvalue weighted by Gasteiger charge is -2.32. The van der Waals surface area contributed by atoms with Crippen molar-refractivity contribution >= 4 is 5.91 Å². The van der Waals surface area contributed by atoms with Crippen LogP contribution in [0, 0.1) is 0 Å². The van der Waals surface area contributed by atoms with Crippen molar-refractivity contribution in [2.45, 2.75) is 51.5 Å². The fourth-order valence-corrected chi connectivity index (χ4v) is 3.98. The lowest BCUT2D eigenvalue weighted by Crippen LogP contribution is -2.40. The molecule has 2 aromatic rings. The maximum absolute atomic E-state index is 12.8. The van der Waals surface area contributed by atoms with E-state index in [1.165, 1.54) is 11.3 Å². The molecule has 0 aliphatic carbocycles. The number of amides is 1. The second-order valence-corrected chi connectivity index (χ2v) is 7.71. The van der Waals surface area contributed by atoms with Gasteiger partial charge < -0.3 is 14.3 Å². The summed E-state index contributed by atoms with van der Waals surface area (Å²) in [5.74, 6) is 1.79. The van der Waals surface area contributed by atoms with Crippen LogP contribution in [0.1, 0.15) is 65.4 Å². The highest BCUT2D eigenvalue weighted by Gasteiger charge is 2.29. The Labute approximate surface area is 159 Å². The van der Waals surface area contributed by atoms with Crippen LogP contribution in [-0.2, 0) is 19.4 Å². The molecule has 0 N–H and O–H groups in total. The molecule has 2 aromatic heterocycles. The van der Waals surface area contributed by atoms with Crippen molar-refractivity contribution in [2.24, 2.45) is 0 Å². The monoisotopic (exact) mass is 369 g/mol. The van der Waals surface area contributed by atoms with Crippen LogP contribution >= 0.6 is 0 Å². The molecular formula is C20H27N5O2. The predicted molar refractivity (Wildman–Crippen MR) is 100 cm³/mol. The zero-order valence-corrected chi connectivity index (χ0v) is 16.1. The summed E-state index contributed by atoms with van der Waals surface area (Å²) in [6.45, 7) is 5.42. The van der Waals surface area contributed by atoms with Crippen LogP contribution in [-0.4, -0.2) is 57.5 Å². The molecule has 4 rings (SSSR count). The fourth-order valence-electron chi connectivity index (χ4n) is 3.98. The van der Waals surface area contributed by atoms with E-state index in [2.05, 4.69) is 29.0 Å². The number of carbonyl (C=O) groups excluding carboxylic acids is 1. The van der Waals surface area contributed by atoms with Gasteiger partial charge in [0.2, 0.25) is 0 Å². The summed E-state index contributed by atoms with van der Waals surface area (Å²) in [5.41, 5.74) is 2.80. The molecule has 1 atom stereocenters. The first-order valence-corrected chi connectivity index (χ1v) is 9.92. The van der Waals surface area contributed by atoms with Gasteiger partial charge in [-0.05, 0) is 26.3 Å². The van der Waals surface area contributed by atoms with Gasteiger partial charge in [-0.15, -0.1) is 0 Å². The van der Waals surface area contributed by atoms with Crippen molar-refractivity contribution in [1.82, 2.24) is 24.9 Å². The number of likely N-dealkylation sites (tertiary alicyclic amines) is 1. The molecule has 2 aliphatic heterocycles. The van der Waals surface area contributed by atoms with E-state index < -0.39 is 0 Å². The second kappa shape index (κ2) is 7.76. The van der Waals surface area contributed by atoms with Gasteiger partial charge in [-0.2, -0.15) is 0 Å². The average molecular weight is 369 g/mol. The van der Waals surface area contributed by atoms with Gasteiger partial charge in [0, 0.05) is 68.5 Å². The summed E-state index contributed by atoms with van der Waals surface area (Å²) in [7, 11) is 2.12. The Balaban J connectivity index is 1.47. The molecule has 1 amide bonds. The number of likely N-dealkylation sites (N-methyl/N-ethyl adjacent to an activating group) is 1. The number of nitrogens with zero attached hydrogens (tertiary/aromatic N) is 5. The summed E-state index contributed by atoms with van der Waals surface area (Å²) in [5, 5.41) is 3.97. The topological polar surface area (TPSA) is 75.4 Å². The Morgan fingerprint density at radius 1 is 1.37 bits per heavy atom. The largest absolute Gasteiger partial charge is 0.361 e. The first-order chi connectivity index (χ1) is 13.1. The standard InChI is InChI=1S/C20H27N5O2/c1-3-5-16-10-18(23-27-16)20(26)25-8-4-6-14(13-25)19-21-11-15-12-24(2)9-7-17(15)22-19/h10-11,14H,3-9,12-13H2,1-2H3/t14-/m1/s1. The number of aryl methyl sites for hydroxylation is 1. The van der Waals surface area contributed by atoms with Crippen LogP contribution in [0.5, 0.6) is 0 Å². The molecule has 27 heavy (non-hydrogen) atoms. The third kappa shape index (κ3) is 3.88. The smallest absolute Gasteiger partial charge is 0.276 e. The maximum Gasteiger partial charge on any atom is 0.276 e. The molecule has 0 bridgehead atoms. The molecule has 0 unspecified atom stereocenters.